The van der Waals surface area contributed by atoms with Gasteiger partial charge in [0.1, 0.15) is 11.6 Å². The molecule has 0 aliphatic rings. The highest BCUT2D eigenvalue weighted by atomic mass is 19.1. The van der Waals surface area contributed by atoms with Gasteiger partial charge >= 0.3 is 11.8 Å². The van der Waals surface area contributed by atoms with Gasteiger partial charge in [0.15, 0.2) is 0 Å². The highest BCUT2D eigenvalue weighted by molar-refractivity contribution is 6.43. The molecule has 6 heteroatoms. The van der Waals surface area contributed by atoms with Crippen LogP contribution in [0.2, 0.25) is 0 Å². The van der Waals surface area contributed by atoms with E-state index in [-0.39, 0.29) is 11.5 Å². The first-order valence-corrected chi connectivity index (χ1v) is 5.86. The molecule has 0 saturated heterocycles. The van der Waals surface area contributed by atoms with E-state index in [2.05, 4.69) is 15.6 Å². The third kappa shape index (κ3) is 3.61. The van der Waals surface area contributed by atoms with Crippen LogP contribution in [-0.2, 0) is 9.59 Å². The van der Waals surface area contributed by atoms with E-state index in [9.17, 15) is 14.0 Å². The van der Waals surface area contributed by atoms with Gasteiger partial charge < -0.3 is 10.6 Å². The van der Waals surface area contributed by atoms with E-state index >= 15 is 0 Å². The molecule has 0 radical (unpaired) electrons. The first-order chi connectivity index (χ1) is 9.54. The van der Waals surface area contributed by atoms with Gasteiger partial charge in [0.05, 0.1) is 0 Å². The fourth-order valence-electron chi connectivity index (χ4n) is 1.54. The second-order valence-corrected chi connectivity index (χ2v) is 4.08. The van der Waals surface area contributed by atoms with E-state index < -0.39 is 17.6 Å². The number of amides is 2. The lowest BCUT2D eigenvalue weighted by atomic mass is 10.3. The molecule has 1 heterocycles. The number of hydrogen-bond donors (Lipinski definition) is 2. The van der Waals surface area contributed by atoms with Gasteiger partial charge in [-0.1, -0.05) is 12.1 Å². The number of nitrogens with one attached hydrogen (secondary N) is 2. The van der Waals surface area contributed by atoms with Crippen LogP contribution in [0.1, 0.15) is 5.69 Å². The Morgan fingerprint density at radius 3 is 2.45 bits per heavy atom. The average molecular weight is 273 g/mol. The molecule has 2 N–H and O–H groups in total. The van der Waals surface area contributed by atoms with Crippen molar-refractivity contribution in [1.82, 2.24) is 4.98 Å². The summed E-state index contributed by atoms with van der Waals surface area (Å²) in [5, 5.41) is 4.66. The quantitative estimate of drug-likeness (QED) is 0.823. The van der Waals surface area contributed by atoms with Gasteiger partial charge in [-0.2, -0.15) is 0 Å². The zero-order valence-electron chi connectivity index (χ0n) is 10.7. The number of halogens is 1. The molecule has 2 amide bonds. The van der Waals surface area contributed by atoms with Crippen LogP contribution in [0.15, 0.2) is 42.5 Å². The third-order valence-corrected chi connectivity index (χ3v) is 2.42. The Bertz CT molecular complexity index is 601. The third-order valence-electron chi connectivity index (χ3n) is 2.42. The van der Waals surface area contributed by atoms with E-state index in [1.54, 1.807) is 25.1 Å². The molecule has 102 valence electrons. The fourth-order valence-corrected chi connectivity index (χ4v) is 1.54. The minimum Gasteiger partial charge on any atom is -0.318 e. The Kier molecular flexibility index (Phi) is 4.05. The molecule has 0 atom stereocenters. The molecule has 0 saturated carbocycles. The summed E-state index contributed by atoms with van der Waals surface area (Å²) in [6.45, 7) is 1.77. The summed E-state index contributed by atoms with van der Waals surface area (Å²) in [5.74, 6) is -1.97. The Labute approximate surface area is 114 Å². The highest BCUT2D eigenvalue weighted by Gasteiger charge is 2.14. The smallest absolute Gasteiger partial charge is 0.315 e. The maximum atomic E-state index is 12.9. The summed E-state index contributed by atoms with van der Waals surface area (Å²) in [6.07, 6.45) is 0. The Morgan fingerprint density at radius 1 is 1.05 bits per heavy atom. The number of hydrogen-bond acceptors (Lipinski definition) is 3. The van der Waals surface area contributed by atoms with Crippen molar-refractivity contribution in [1.29, 1.82) is 0 Å². The van der Waals surface area contributed by atoms with Crippen LogP contribution >= 0.6 is 0 Å². The van der Waals surface area contributed by atoms with Crippen LogP contribution in [0.5, 0.6) is 0 Å². The normalized spacial score (nSPS) is 9.90. The van der Waals surface area contributed by atoms with Crippen molar-refractivity contribution in [2.24, 2.45) is 0 Å². The van der Waals surface area contributed by atoms with Crippen LogP contribution < -0.4 is 10.6 Å². The van der Waals surface area contributed by atoms with Crippen LogP contribution in [0.25, 0.3) is 0 Å². The minimum atomic E-state index is -0.890. The zero-order valence-corrected chi connectivity index (χ0v) is 10.7. The lowest BCUT2D eigenvalue weighted by Crippen LogP contribution is -2.29. The SMILES string of the molecule is Cc1cccc(NC(=O)C(=O)Nc2cccc(F)c2)n1. The van der Waals surface area contributed by atoms with Crippen LogP contribution in [0, 0.1) is 12.7 Å². The minimum absolute atomic E-state index is 0.211. The lowest BCUT2D eigenvalue weighted by molar-refractivity contribution is -0.133. The van der Waals surface area contributed by atoms with Gasteiger partial charge in [-0.3, -0.25) is 9.59 Å². The molecular weight excluding hydrogens is 261 g/mol. The molecule has 0 aliphatic carbocycles. The average Bonchev–Trinajstić information content (AvgIpc) is 2.38. The van der Waals surface area contributed by atoms with Gasteiger partial charge in [0.2, 0.25) is 0 Å². The highest BCUT2D eigenvalue weighted by Crippen LogP contribution is 2.09. The Balaban J connectivity index is 2.01. The van der Waals surface area contributed by atoms with Crippen molar-refractivity contribution in [2.75, 3.05) is 10.6 Å². The number of carbonyl (C=O) groups excluding carboxylic acids is 2. The van der Waals surface area contributed by atoms with Gasteiger partial charge in [-0.05, 0) is 37.3 Å². The molecule has 20 heavy (non-hydrogen) atoms. The topological polar surface area (TPSA) is 71.1 Å². The Hall–Kier alpha value is -2.76. The van der Waals surface area contributed by atoms with Crippen molar-refractivity contribution in [3.63, 3.8) is 0 Å². The summed E-state index contributed by atoms with van der Waals surface area (Å²) in [7, 11) is 0. The van der Waals surface area contributed by atoms with E-state index in [1.807, 2.05) is 0 Å². The monoisotopic (exact) mass is 273 g/mol. The number of nitrogens with zero attached hydrogens (tertiary/aromatic N) is 1. The molecule has 1 aromatic heterocycles. The summed E-state index contributed by atoms with van der Waals surface area (Å²) in [4.78, 5) is 27.3. The van der Waals surface area contributed by atoms with Crippen LogP contribution in [-0.4, -0.2) is 16.8 Å². The first kappa shape index (κ1) is 13.7. The second kappa shape index (κ2) is 5.92. The van der Waals surface area contributed by atoms with E-state index in [1.165, 1.54) is 18.2 Å². The summed E-state index contributed by atoms with van der Waals surface area (Å²) in [6, 6.07) is 10.3. The molecule has 2 rings (SSSR count). The lowest BCUT2D eigenvalue weighted by Gasteiger charge is -2.06. The van der Waals surface area contributed by atoms with E-state index in [0.29, 0.717) is 5.69 Å². The Morgan fingerprint density at radius 2 is 1.75 bits per heavy atom. The van der Waals surface area contributed by atoms with E-state index in [0.717, 1.165) is 6.07 Å². The number of carbonyl (C=O) groups is 2. The molecule has 0 bridgehead atoms. The predicted molar refractivity (Wildman–Crippen MR) is 72.6 cm³/mol. The zero-order chi connectivity index (χ0) is 14.5. The van der Waals surface area contributed by atoms with Crippen molar-refractivity contribution < 1.29 is 14.0 Å². The molecule has 5 nitrogen and oxygen atoms in total. The van der Waals surface area contributed by atoms with Gasteiger partial charge in [-0.15, -0.1) is 0 Å². The number of anilines is 2. The number of pyridine rings is 1. The van der Waals surface area contributed by atoms with Gasteiger partial charge in [0, 0.05) is 11.4 Å². The maximum absolute atomic E-state index is 12.9. The second-order valence-electron chi connectivity index (χ2n) is 4.08. The maximum Gasteiger partial charge on any atom is 0.315 e. The predicted octanol–water partition coefficient (Wildman–Crippen LogP) is 2.11. The molecule has 0 aliphatic heterocycles. The summed E-state index contributed by atoms with van der Waals surface area (Å²) in [5.41, 5.74) is 0.927. The standard InChI is InChI=1S/C14H12FN3O2/c1-9-4-2-7-12(16-9)18-14(20)13(19)17-11-6-3-5-10(15)8-11/h2-8H,1H3,(H,17,19)(H,16,18,20). The van der Waals surface area contributed by atoms with Crippen LogP contribution in [0.3, 0.4) is 0 Å². The van der Waals surface area contributed by atoms with E-state index in [4.69, 9.17) is 0 Å². The summed E-state index contributed by atoms with van der Waals surface area (Å²) >= 11 is 0. The summed E-state index contributed by atoms with van der Waals surface area (Å²) < 4.78 is 12.9. The van der Waals surface area contributed by atoms with Gasteiger partial charge in [0.25, 0.3) is 0 Å². The van der Waals surface area contributed by atoms with Crippen molar-refractivity contribution in [3.8, 4) is 0 Å². The molecule has 2 aromatic rings. The van der Waals surface area contributed by atoms with Crippen LogP contribution in [0.4, 0.5) is 15.9 Å². The molecular formula is C14H12FN3O2. The van der Waals surface area contributed by atoms with Crippen molar-refractivity contribution in [3.05, 3.63) is 54.0 Å². The van der Waals surface area contributed by atoms with Gasteiger partial charge in [-0.25, -0.2) is 9.37 Å². The largest absolute Gasteiger partial charge is 0.318 e. The molecule has 1 aromatic carbocycles. The molecule has 0 unspecified atom stereocenters. The molecule has 0 fully saturated rings. The van der Waals surface area contributed by atoms with Crippen molar-refractivity contribution >= 4 is 23.3 Å². The first-order valence-electron chi connectivity index (χ1n) is 5.86. The number of rotatable bonds is 2. The number of aryl methyl sites for hydroxylation is 1. The number of benzene rings is 1. The fraction of sp³-hybridized carbons (Fsp3) is 0.0714. The molecule has 0 spiro atoms. The number of aromatic nitrogens is 1. The van der Waals surface area contributed by atoms with Crippen molar-refractivity contribution in [2.45, 2.75) is 6.92 Å².